The van der Waals surface area contributed by atoms with Crippen LogP contribution in [0.15, 0.2) is 67.0 Å². The van der Waals surface area contributed by atoms with Crippen LogP contribution >= 0.6 is 23.2 Å². The van der Waals surface area contributed by atoms with Crippen LogP contribution in [0.25, 0.3) is 11.1 Å². The van der Waals surface area contributed by atoms with Gasteiger partial charge in [0.1, 0.15) is 12.7 Å². The van der Waals surface area contributed by atoms with Crippen LogP contribution in [0.5, 0.6) is 11.5 Å². The van der Waals surface area contributed by atoms with Crippen molar-refractivity contribution < 1.29 is 28.6 Å². The Bertz CT molecular complexity index is 2300. The van der Waals surface area contributed by atoms with Crippen molar-refractivity contribution in [3.8, 4) is 22.6 Å². The number of rotatable bonds is 10. The Morgan fingerprint density at radius 1 is 1.02 bits per heavy atom. The highest BCUT2D eigenvalue weighted by molar-refractivity contribution is 6.36. The average molecular weight is 786 g/mol. The van der Waals surface area contributed by atoms with Crippen LogP contribution in [0, 0.1) is 11.7 Å². The number of amides is 1. The maximum Gasteiger partial charge on any atom is 0.308 e. The lowest BCUT2D eigenvalue weighted by Gasteiger charge is -2.25. The van der Waals surface area contributed by atoms with Gasteiger partial charge >= 0.3 is 5.97 Å². The highest BCUT2D eigenvalue weighted by Gasteiger charge is 2.34. The standard InChI is InChI=1S/C41H39Cl2FN6O5/c1-48-16-14-32-31(21-48)46-39(49(32)2)40(51)47-30-10-4-9-28(35(30)43)25-7-3-8-27-26(25)11-12-34(27)55-37-29(42)18-33(50-17-13-24(20-50)41(52)53)38(36(37)44)54-22-23-6-5-15-45-19-23/h3-10,15,18-19,24,34H,11-14,16-17,20-22H2,1-2H3,(H,47,51)(H,52,53). The number of imidazole rings is 1. The Kier molecular flexibility index (Phi) is 10.1. The number of carboxylic acid groups (broad SMARTS) is 1. The summed E-state index contributed by atoms with van der Waals surface area (Å²) in [5, 5.41) is 13.0. The SMILES string of the molecule is CN1CCc2c(nc(C(=O)Nc3cccc(-c4cccc5c4CCC5Oc4c(Cl)cc(N5CCC(C(=O)O)C5)c(OCc5cccnc5)c4F)c3Cl)n2C)C1. The molecule has 11 nitrogen and oxygen atoms in total. The number of nitrogens with one attached hydrogen (secondary N) is 1. The van der Waals surface area contributed by atoms with Crippen molar-refractivity contribution in [2.75, 3.05) is 36.9 Å². The van der Waals surface area contributed by atoms with Crippen molar-refractivity contribution >= 4 is 46.5 Å². The Labute approximate surface area is 327 Å². The number of fused-ring (bicyclic) bond motifs is 2. The molecule has 55 heavy (non-hydrogen) atoms. The van der Waals surface area contributed by atoms with E-state index in [9.17, 15) is 14.7 Å². The molecular weight excluding hydrogens is 746 g/mol. The average Bonchev–Trinajstić information content (AvgIpc) is 3.92. The number of anilines is 2. The zero-order chi connectivity index (χ0) is 38.4. The van der Waals surface area contributed by atoms with Crippen LogP contribution in [0.1, 0.15) is 57.6 Å². The van der Waals surface area contributed by atoms with Crippen molar-refractivity contribution in [2.45, 2.75) is 44.9 Å². The molecule has 3 aromatic carbocycles. The molecule has 1 amide bonds. The molecule has 0 saturated carbocycles. The number of carboxylic acids is 1. The minimum atomic E-state index is -0.903. The molecule has 0 bridgehead atoms. The maximum atomic E-state index is 16.7. The molecule has 2 atom stereocenters. The zero-order valence-electron chi connectivity index (χ0n) is 30.3. The molecule has 1 saturated heterocycles. The number of aromatic nitrogens is 3. The zero-order valence-corrected chi connectivity index (χ0v) is 31.8. The fourth-order valence-electron chi connectivity index (χ4n) is 7.88. The number of benzene rings is 3. The van der Waals surface area contributed by atoms with Gasteiger partial charge in [-0.05, 0) is 61.2 Å². The topological polar surface area (TPSA) is 122 Å². The molecule has 8 rings (SSSR count). The lowest BCUT2D eigenvalue weighted by molar-refractivity contribution is -0.140. The van der Waals surface area contributed by atoms with Crippen LogP contribution < -0.4 is 19.7 Å². The van der Waals surface area contributed by atoms with Crippen molar-refractivity contribution in [3.63, 3.8) is 0 Å². The first kappa shape index (κ1) is 36.8. The molecule has 14 heteroatoms. The highest BCUT2D eigenvalue weighted by atomic mass is 35.5. The summed E-state index contributed by atoms with van der Waals surface area (Å²) in [6, 6.07) is 16.5. The number of ether oxygens (including phenoxy) is 2. The number of halogens is 3. The van der Waals surface area contributed by atoms with E-state index in [1.807, 2.05) is 55.1 Å². The predicted octanol–water partition coefficient (Wildman–Crippen LogP) is 7.72. The van der Waals surface area contributed by atoms with Gasteiger partial charge in [-0.1, -0.05) is 59.6 Å². The molecule has 5 aromatic rings. The first-order valence-electron chi connectivity index (χ1n) is 18.2. The van der Waals surface area contributed by atoms with Gasteiger partial charge in [-0.2, -0.15) is 4.39 Å². The first-order chi connectivity index (χ1) is 26.6. The van der Waals surface area contributed by atoms with Gasteiger partial charge in [-0.15, -0.1) is 0 Å². The predicted molar refractivity (Wildman–Crippen MR) is 208 cm³/mol. The van der Waals surface area contributed by atoms with Crippen molar-refractivity contribution in [1.82, 2.24) is 19.4 Å². The lowest BCUT2D eigenvalue weighted by atomic mass is 9.96. The second-order valence-electron chi connectivity index (χ2n) is 14.3. The summed E-state index contributed by atoms with van der Waals surface area (Å²) in [7, 11) is 3.90. The molecule has 2 aliphatic heterocycles. The molecule has 0 radical (unpaired) electrons. The normalized spacial score (nSPS) is 17.9. The van der Waals surface area contributed by atoms with E-state index in [4.69, 9.17) is 32.7 Å². The van der Waals surface area contributed by atoms with Crippen LogP contribution in [0.3, 0.4) is 0 Å². The van der Waals surface area contributed by atoms with Gasteiger partial charge in [0.2, 0.25) is 5.82 Å². The minimum Gasteiger partial charge on any atom is -0.483 e. The van der Waals surface area contributed by atoms with Crippen LogP contribution in [0.4, 0.5) is 15.8 Å². The summed E-state index contributed by atoms with van der Waals surface area (Å²) >= 11 is 13.8. The number of carbonyl (C=O) groups is 2. The van der Waals surface area contributed by atoms with Crippen molar-refractivity contribution in [1.29, 1.82) is 0 Å². The number of likely N-dealkylation sites (N-methyl/N-ethyl adjacent to an activating group) is 1. The van der Waals surface area contributed by atoms with Gasteiger partial charge in [0, 0.05) is 68.9 Å². The number of hydrogen-bond donors (Lipinski definition) is 2. The van der Waals surface area contributed by atoms with E-state index in [2.05, 4.69) is 20.2 Å². The maximum absolute atomic E-state index is 16.7. The van der Waals surface area contributed by atoms with E-state index in [0.29, 0.717) is 54.6 Å². The second kappa shape index (κ2) is 15.2. The van der Waals surface area contributed by atoms with E-state index in [0.717, 1.165) is 52.2 Å². The molecule has 0 spiro atoms. The molecule has 1 fully saturated rings. The van der Waals surface area contributed by atoms with Crippen molar-refractivity contribution in [2.24, 2.45) is 13.0 Å². The Morgan fingerprint density at radius 2 is 1.84 bits per heavy atom. The molecule has 3 aliphatic rings. The highest BCUT2D eigenvalue weighted by Crippen LogP contribution is 2.48. The fourth-order valence-corrected chi connectivity index (χ4v) is 8.39. The molecule has 2 N–H and O–H groups in total. The van der Waals surface area contributed by atoms with Crippen LogP contribution in [-0.2, 0) is 37.8 Å². The first-order valence-corrected chi connectivity index (χ1v) is 19.0. The third kappa shape index (κ3) is 7.10. The smallest absolute Gasteiger partial charge is 0.308 e. The number of hydrogen-bond acceptors (Lipinski definition) is 8. The Hall–Kier alpha value is -5.17. The van der Waals surface area contributed by atoms with Gasteiger partial charge in [-0.25, -0.2) is 4.98 Å². The molecule has 2 aromatic heterocycles. The Balaban J connectivity index is 1.06. The Morgan fingerprint density at radius 3 is 2.62 bits per heavy atom. The molecule has 4 heterocycles. The largest absolute Gasteiger partial charge is 0.483 e. The van der Waals surface area contributed by atoms with Gasteiger partial charge in [0.15, 0.2) is 17.3 Å². The fraction of sp³-hybridized carbons (Fsp3) is 0.317. The number of pyridine rings is 1. The van der Waals surface area contributed by atoms with E-state index in [1.165, 1.54) is 0 Å². The third-order valence-corrected chi connectivity index (χ3v) is 11.4. The quantitative estimate of drug-likeness (QED) is 0.147. The lowest BCUT2D eigenvalue weighted by Crippen LogP contribution is -2.27. The summed E-state index contributed by atoms with van der Waals surface area (Å²) < 4.78 is 31.0. The summed E-state index contributed by atoms with van der Waals surface area (Å²) in [4.78, 5) is 38.0. The summed E-state index contributed by atoms with van der Waals surface area (Å²) in [6.45, 7) is 2.23. The molecular formula is C41H39Cl2FN6O5. The second-order valence-corrected chi connectivity index (χ2v) is 15.1. The number of carbonyl (C=O) groups excluding carboxylic acids is 1. The molecule has 284 valence electrons. The van der Waals surface area contributed by atoms with Gasteiger partial charge in [-0.3, -0.25) is 14.6 Å². The van der Waals surface area contributed by atoms with E-state index in [-0.39, 0.29) is 35.6 Å². The number of aliphatic carboxylic acids is 1. The monoisotopic (exact) mass is 784 g/mol. The van der Waals surface area contributed by atoms with E-state index in [1.54, 1.807) is 35.5 Å². The number of nitrogens with zero attached hydrogens (tertiary/aromatic N) is 5. The molecule has 1 aliphatic carbocycles. The molecule has 2 unspecified atom stereocenters. The third-order valence-electron chi connectivity index (χ3n) is 10.8. The van der Waals surface area contributed by atoms with Gasteiger partial charge < -0.3 is 34.3 Å². The van der Waals surface area contributed by atoms with Crippen LogP contribution in [0.2, 0.25) is 10.0 Å². The van der Waals surface area contributed by atoms with Crippen molar-refractivity contribution in [3.05, 3.63) is 117 Å². The summed E-state index contributed by atoms with van der Waals surface area (Å²) in [5.41, 5.74) is 7.02. The van der Waals surface area contributed by atoms with E-state index < -0.39 is 23.8 Å². The summed E-state index contributed by atoms with van der Waals surface area (Å²) in [5.74, 6) is -2.48. The van der Waals surface area contributed by atoms with Gasteiger partial charge in [0.25, 0.3) is 5.91 Å². The minimum absolute atomic E-state index is 0.0340. The summed E-state index contributed by atoms with van der Waals surface area (Å²) in [6.07, 6.45) is 5.16. The van der Waals surface area contributed by atoms with E-state index >= 15 is 4.39 Å². The van der Waals surface area contributed by atoms with Gasteiger partial charge in [0.05, 0.1) is 33.0 Å². The van der Waals surface area contributed by atoms with Crippen LogP contribution in [-0.4, -0.2) is 63.1 Å².